The van der Waals surface area contributed by atoms with E-state index in [0.29, 0.717) is 6.42 Å². The third kappa shape index (κ3) is 2.15. The van der Waals surface area contributed by atoms with Gasteiger partial charge in [0.25, 0.3) is 0 Å². The Morgan fingerprint density at radius 1 is 0.852 bits per heavy atom. The quantitative estimate of drug-likeness (QED) is 0.752. The zero-order valence-corrected chi connectivity index (χ0v) is 15.0. The van der Waals surface area contributed by atoms with E-state index in [1.54, 1.807) is 0 Å². The molecule has 134 valence electrons. The summed E-state index contributed by atoms with van der Waals surface area (Å²) in [7, 11) is 0. The molecule has 1 heterocycles. The van der Waals surface area contributed by atoms with E-state index in [-0.39, 0.29) is 0 Å². The number of nitrogens with zero attached hydrogens (tertiary/aromatic N) is 1. The Morgan fingerprint density at radius 3 is 2.00 bits per heavy atom. The molecule has 1 aliphatic carbocycles. The standard InChI is InChI=1S/C24H21NO2/c26-23(27)22-15-8-16-25(22)24(17-9-2-1-3-10-17)20-13-6-4-11-18(20)19-12-5-7-14-21(19)24/h1-7,9-14,22H,8,15-16H2,(H,26,27). The van der Waals surface area contributed by atoms with Gasteiger partial charge >= 0.3 is 5.97 Å². The average molecular weight is 355 g/mol. The Balaban J connectivity index is 1.89. The lowest BCUT2D eigenvalue weighted by molar-refractivity contribution is -0.143. The molecule has 0 bridgehead atoms. The first-order valence-electron chi connectivity index (χ1n) is 9.49. The van der Waals surface area contributed by atoms with E-state index in [4.69, 9.17) is 0 Å². The highest BCUT2D eigenvalue weighted by Gasteiger charge is 2.53. The van der Waals surface area contributed by atoms with E-state index in [1.165, 1.54) is 22.3 Å². The summed E-state index contributed by atoms with van der Waals surface area (Å²) in [6, 6.07) is 26.8. The third-order valence-electron chi connectivity index (χ3n) is 6.08. The fourth-order valence-electron chi connectivity index (χ4n) is 5.10. The minimum absolute atomic E-state index is 0.482. The molecule has 27 heavy (non-hydrogen) atoms. The highest BCUT2D eigenvalue weighted by atomic mass is 16.4. The predicted octanol–water partition coefficient (Wildman–Crippen LogP) is 4.51. The van der Waals surface area contributed by atoms with Crippen molar-refractivity contribution < 1.29 is 9.90 Å². The molecule has 3 aromatic rings. The number of carboxylic acid groups (broad SMARTS) is 1. The summed E-state index contributed by atoms with van der Waals surface area (Å²) in [5.74, 6) is -0.732. The van der Waals surface area contributed by atoms with Crippen LogP contribution in [-0.4, -0.2) is 28.6 Å². The minimum Gasteiger partial charge on any atom is -0.480 e. The molecule has 0 spiro atoms. The maximum absolute atomic E-state index is 12.1. The van der Waals surface area contributed by atoms with Gasteiger partial charge in [-0.25, -0.2) is 0 Å². The molecule has 0 saturated carbocycles. The molecule has 3 aromatic carbocycles. The van der Waals surface area contributed by atoms with Gasteiger partial charge in [0.15, 0.2) is 0 Å². The van der Waals surface area contributed by atoms with E-state index in [9.17, 15) is 9.90 Å². The molecule has 0 amide bonds. The van der Waals surface area contributed by atoms with Crippen LogP contribution in [0.1, 0.15) is 29.5 Å². The number of carboxylic acids is 1. The second-order valence-electron chi connectivity index (χ2n) is 7.36. The van der Waals surface area contributed by atoms with Gasteiger partial charge in [0.1, 0.15) is 6.04 Å². The van der Waals surface area contributed by atoms with Gasteiger partial charge in [0.05, 0.1) is 5.54 Å². The summed E-state index contributed by atoms with van der Waals surface area (Å²) in [5.41, 5.74) is 5.35. The highest BCUT2D eigenvalue weighted by Crippen LogP contribution is 2.55. The second kappa shape index (κ2) is 6.07. The molecule has 5 rings (SSSR count). The molecule has 1 aliphatic heterocycles. The summed E-state index contributed by atoms with van der Waals surface area (Å²) in [4.78, 5) is 14.3. The van der Waals surface area contributed by atoms with Gasteiger partial charge in [-0.05, 0) is 40.7 Å². The number of hydrogen-bond donors (Lipinski definition) is 1. The minimum atomic E-state index is -0.732. The summed E-state index contributed by atoms with van der Waals surface area (Å²) in [6.45, 7) is 0.772. The second-order valence-corrected chi connectivity index (χ2v) is 7.36. The molecule has 2 aliphatic rings. The Bertz CT molecular complexity index is 966. The third-order valence-corrected chi connectivity index (χ3v) is 6.08. The van der Waals surface area contributed by atoms with E-state index >= 15 is 0 Å². The van der Waals surface area contributed by atoms with Crippen molar-refractivity contribution in [3.8, 4) is 11.1 Å². The van der Waals surface area contributed by atoms with Crippen LogP contribution in [0.5, 0.6) is 0 Å². The van der Waals surface area contributed by atoms with Crippen LogP contribution in [0.25, 0.3) is 11.1 Å². The fraction of sp³-hybridized carbons (Fsp3) is 0.208. The Morgan fingerprint density at radius 2 is 1.41 bits per heavy atom. The van der Waals surface area contributed by atoms with Crippen LogP contribution in [0, 0.1) is 0 Å². The number of hydrogen-bond acceptors (Lipinski definition) is 2. The lowest BCUT2D eigenvalue weighted by atomic mass is 9.78. The molecular formula is C24H21NO2. The first-order chi connectivity index (χ1) is 13.2. The average Bonchev–Trinajstić information content (AvgIpc) is 3.31. The maximum atomic E-state index is 12.1. The van der Waals surface area contributed by atoms with Crippen molar-refractivity contribution in [3.05, 3.63) is 95.6 Å². The molecule has 3 heteroatoms. The van der Waals surface area contributed by atoms with Gasteiger partial charge in [-0.15, -0.1) is 0 Å². The van der Waals surface area contributed by atoms with Crippen molar-refractivity contribution in [2.75, 3.05) is 6.54 Å². The number of aliphatic carboxylic acids is 1. The zero-order valence-electron chi connectivity index (χ0n) is 15.0. The number of fused-ring (bicyclic) bond motifs is 3. The summed E-state index contributed by atoms with van der Waals surface area (Å²) >= 11 is 0. The summed E-state index contributed by atoms with van der Waals surface area (Å²) in [6.07, 6.45) is 1.59. The van der Waals surface area contributed by atoms with Crippen LogP contribution < -0.4 is 0 Å². The number of carbonyl (C=O) groups is 1. The molecule has 1 fully saturated rings. The van der Waals surface area contributed by atoms with Crippen molar-refractivity contribution in [1.82, 2.24) is 4.90 Å². The fourth-order valence-corrected chi connectivity index (χ4v) is 5.10. The summed E-state index contributed by atoms with van der Waals surface area (Å²) < 4.78 is 0. The molecule has 0 radical (unpaired) electrons. The van der Waals surface area contributed by atoms with Crippen molar-refractivity contribution in [1.29, 1.82) is 0 Å². The van der Waals surface area contributed by atoms with Gasteiger partial charge in [-0.1, -0.05) is 78.9 Å². The SMILES string of the molecule is O=C(O)C1CCCN1C1(c2ccccc2)c2ccccc2-c2ccccc21. The van der Waals surface area contributed by atoms with E-state index in [0.717, 1.165) is 18.5 Å². The van der Waals surface area contributed by atoms with Gasteiger partial charge in [0.2, 0.25) is 0 Å². The highest BCUT2D eigenvalue weighted by molar-refractivity contribution is 5.84. The van der Waals surface area contributed by atoms with Gasteiger partial charge in [-0.2, -0.15) is 0 Å². The molecule has 1 atom stereocenters. The molecule has 1 saturated heterocycles. The van der Waals surface area contributed by atoms with Gasteiger partial charge < -0.3 is 5.11 Å². The van der Waals surface area contributed by atoms with Gasteiger partial charge in [-0.3, -0.25) is 9.69 Å². The van der Waals surface area contributed by atoms with Crippen LogP contribution in [0.2, 0.25) is 0 Å². The van der Waals surface area contributed by atoms with Gasteiger partial charge in [0, 0.05) is 6.54 Å². The van der Waals surface area contributed by atoms with E-state index in [2.05, 4.69) is 65.6 Å². The Kier molecular flexibility index (Phi) is 3.66. The summed E-state index contributed by atoms with van der Waals surface area (Å²) in [5, 5.41) is 9.96. The van der Waals surface area contributed by atoms with Crippen molar-refractivity contribution in [3.63, 3.8) is 0 Å². The number of likely N-dealkylation sites (tertiary alicyclic amines) is 1. The van der Waals surface area contributed by atoms with Crippen LogP contribution in [0.15, 0.2) is 78.9 Å². The van der Waals surface area contributed by atoms with Crippen molar-refractivity contribution in [2.24, 2.45) is 0 Å². The first kappa shape index (κ1) is 16.3. The smallest absolute Gasteiger partial charge is 0.320 e. The maximum Gasteiger partial charge on any atom is 0.320 e. The number of benzene rings is 3. The van der Waals surface area contributed by atoms with Crippen molar-refractivity contribution in [2.45, 2.75) is 24.4 Å². The Hall–Kier alpha value is -2.91. The zero-order chi connectivity index (χ0) is 18.4. The monoisotopic (exact) mass is 355 g/mol. The molecule has 1 unspecified atom stereocenters. The molecular weight excluding hydrogens is 334 g/mol. The van der Waals surface area contributed by atoms with Crippen LogP contribution in [-0.2, 0) is 10.3 Å². The lowest BCUT2D eigenvalue weighted by Gasteiger charge is -2.43. The van der Waals surface area contributed by atoms with Crippen LogP contribution in [0.4, 0.5) is 0 Å². The van der Waals surface area contributed by atoms with E-state index in [1.807, 2.05) is 18.2 Å². The van der Waals surface area contributed by atoms with Crippen LogP contribution >= 0.6 is 0 Å². The van der Waals surface area contributed by atoms with Crippen molar-refractivity contribution >= 4 is 5.97 Å². The normalized spacial score (nSPS) is 20.2. The van der Waals surface area contributed by atoms with Crippen LogP contribution in [0.3, 0.4) is 0 Å². The molecule has 0 aromatic heterocycles. The predicted molar refractivity (Wildman–Crippen MR) is 106 cm³/mol. The van der Waals surface area contributed by atoms with E-state index < -0.39 is 17.6 Å². The molecule has 3 nitrogen and oxygen atoms in total. The number of rotatable bonds is 3. The Labute approximate surface area is 158 Å². The first-order valence-corrected chi connectivity index (χ1v) is 9.49. The lowest BCUT2D eigenvalue weighted by Crippen LogP contribution is -2.51. The topological polar surface area (TPSA) is 40.5 Å². The molecule has 1 N–H and O–H groups in total. The largest absolute Gasteiger partial charge is 0.480 e.